The monoisotopic (exact) mass is 295 g/mol. The lowest BCUT2D eigenvalue weighted by atomic mass is 9.97. The van der Waals surface area contributed by atoms with Gasteiger partial charge in [-0.05, 0) is 38.0 Å². The van der Waals surface area contributed by atoms with E-state index in [1.54, 1.807) is 0 Å². The maximum atomic E-state index is 5.92. The summed E-state index contributed by atoms with van der Waals surface area (Å²) < 4.78 is 8.06. The van der Waals surface area contributed by atoms with Gasteiger partial charge in [-0.1, -0.05) is 25.5 Å². The van der Waals surface area contributed by atoms with Crippen LogP contribution < -0.4 is 4.57 Å². The Hall–Kier alpha value is -2.16. The van der Waals surface area contributed by atoms with Crippen LogP contribution in [0.1, 0.15) is 42.3 Å². The third kappa shape index (κ3) is 2.31. The van der Waals surface area contributed by atoms with Crippen molar-refractivity contribution in [2.24, 2.45) is 7.05 Å². The molecule has 0 saturated heterocycles. The number of fused-ring (bicyclic) bond motifs is 1. The van der Waals surface area contributed by atoms with Gasteiger partial charge in [0, 0.05) is 12.0 Å². The largest absolute Gasteiger partial charge is 0.440 e. The Kier molecular flexibility index (Phi) is 3.51. The molecule has 114 valence electrons. The highest BCUT2D eigenvalue weighted by molar-refractivity contribution is 5.87. The number of oxazole rings is 1. The lowest BCUT2D eigenvalue weighted by Gasteiger charge is -2.09. The minimum absolute atomic E-state index is 0.283. The van der Waals surface area contributed by atoms with Gasteiger partial charge < -0.3 is 4.42 Å². The number of aromatic nitrogens is 2. The van der Waals surface area contributed by atoms with Crippen LogP contribution in [0.2, 0.25) is 0 Å². The van der Waals surface area contributed by atoms with Crippen LogP contribution in [-0.2, 0) is 7.05 Å². The summed E-state index contributed by atoms with van der Waals surface area (Å²) in [4.78, 5) is 4.76. The first-order valence-corrected chi connectivity index (χ1v) is 7.75. The molecule has 0 aliphatic heterocycles. The van der Waals surface area contributed by atoms with Gasteiger partial charge >= 0.3 is 0 Å². The third-order valence-corrected chi connectivity index (χ3v) is 4.26. The summed E-state index contributed by atoms with van der Waals surface area (Å²) >= 11 is 0. The molecular weight excluding hydrogens is 272 g/mol. The Morgan fingerprint density at radius 1 is 1.14 bits per heavy atom. The molecule has 0 amide bonds. The Bertz CT molecular complexity index is 859. The van der Waals surface area contributed by atoms with Gasteiger partial charge in [-0.3, -0.25) is 0 Å². The Morgan fingerprint density at radius 2 is 1.86 bits per heavy atom. The van der Waals surface area contributed by atoms with E-state index in [-0.39, 0.29) is 5.92 Å². The van der Waals surface area contributed by atoms with Crippen molar-refractivity contribution >= 4 is 11.1 Å². The predicted octanol–water partition coefficient (Wildman–Crippen LogP) is 4.37. The third-order valence-electron chi connectivity index (χ3n) is 4.26. The molecule has 3 heteroatoms. The molecule has 22 heavy (non-hydrogen) atoms. The molecule has 1 aromatic carbocycles. The second-order valence-corrected chi connectivity index (χ2v) is 6.45. The normalized spacial score (nSPS) is 11.6. The fraction of sp³-hybridized carbons (Fsp3) is 0.368. The summed E-state index contributed by atoms with van der Waals surface area (Å²) in [7, 11) is 2.07. The quantitative estimate of drug-likeness (QED) is 0.657. The summed E-state index contributed by atoms with van der Waals surface area (Å²) in [6, 6.07) is 6.46. The van der Waals surface area contributed by atoms with Gasteiger partial charge in [0.2, 0.25) is 5.69 Å². The number of aryl methyl sites for hydroxylation is 3. The molecule has 0 unspecified atom stereocenters. The average molecular weight is 295 g/mol. The van der Waals surface area contributed by atoms with Crippen molar-refractivity contribution in [3.05, 3.63) is 47.0 Å². The number of hydrogen-bond donors (Lipinski definition) is 0. The molecule has 3 rings (SSSR count). The van der Waals surface area contributed by atoms with E-state index < -0.39 is 0 Å². The van der Waals surface area contributed by atoms with Crippen LogP contribution in [0.3, 0.4) is 0 Å². The number of rotatable bonds is 2. The van der Waals surface area contributed by atoms with Gasteiger partial charge in [-0.15, -0.1) is 0 Å². The van der Waals surface area contributed by atoms with Crippen LogP contribution in [0.15, 0.2) is 28.8 Å². The molecule has 0 aliphatic rings. The van der Waals surface area contributed by atoms with Gasteiger partial charge in [0.25, 0.3) is 0 Å². The molecule has 3 nitrogen and oxygen atoms in total. The van der Waals surface area contributed by atoms with Crippen molar-refractivity contribution in [1.82, 2.24) is 4.98 Å². The van der Waals surface area contributed by atoms with Gasteiger partial charge in [0.05, 0.1) is 5.56 Å². The van der Waals surface area contributed by atoms with E-state index in [0.29, 0.717) is 0 Å². The minimum Gasteiger partial charge on any atom is -0.440 e. The van der Waals surface area contributed by atoms with Gasteiger partial charge in [0.15, 0.2) is 23.2 Å². The molecule has 2 aromatic heterocycles. The molecule has 0 N–H and O–H groups in total. The zero-order chi connectivity index (χ0) is 16.0. The fourth-order valence-corrected chi connectivity index (χ4v) is 2.90. The van der Waals surface area contributed by atoms with E-state index in [1.165, 1.54) is 22.3 Å². The second kappa shape index (κ2) is 5.24. The molecule has 0 saturated carbocycles. The topological polar surface area (TPSA) is 29.9 Å². The van der Waals surface area contributed by atoms with E-state index >= 15 is 0 Å². The van der Waals surface area contributed by atoms with E-state index in [1.807, 2.05) is 12.3 Å². The zero-order valence-electron chi connectivity index (χ0n) is 14.2. The number of hydrogen-bond acceptors (Lipinski definition) is 2. The van der Waals surface area contributed by atoms with Gasteiger partial charge in [-0.25, -0.2) is 4.98 Å². The minimum atomic E-state index is 0.283. The molecular formula is C19H23N2O+. The lowest BCUT2D eigenvalue weighted by Crippen LogP contribution is -2.30. The van der Waals surface area contributed by atoms with E-state index in [0.717, 1.165) is 22.7 Å². The summed E-state index contributed by atoms with van der Waals surface area (Å²) in [6.45, 7) is 10.7. The smallest absolute Gasteiger partial charge is 0.242 e. The van der Waals surface area contributed by atoms with E-state index in [9.17, 15) is 0 Å². The first kappa shape index (κ1) is 14.8. The molecule has 0 fully saturated rings. The summed E-state index contributed by atoms with van der Waals surface area (Å²) in [5.74, 6) is 1.08. The number of nitrogens with zero attached hydrogens (tertiary/aromatic N) is 2. The second-order valence-electron chi connectivity index (χ2n) is 6.45. The summed E-state index contributed by atoms with van der Waals surface area (Å²) in [5.41, 5.74) is 8.02. The van der Waals surface area contributed by atoms with Crippen LogP contribution in [0.5, 0.6) is 0 Å². The molecule has 0 aliphatic carbocycles. The molecule has 2 heterocycles. The van der Waals surface area contributed by atoms with Gasteiger partial charge in [0.1, 0.15) is 7.05 Å². The summed E-state index contributed by atoms with van der Waals surface area (Å²) in [6.07, 6.45) is 2.05. The van der Waals surface area contributed by atoms with Crippen LogP contribution in [0, 0.1) is 20.8 Å². The zero-order valence-corrected chi connectivity index (χ0v) is 14.2. The van der Waals surface area contributed by atoms with Crippen molar-refractivity contribution in [2.45, 2.75) is 40.5 Å². The van der Waals surface area contributed by atoms with E-state index in [2.05, 4.69) is 58.4 Å². The first-order valence-electron chi connectivity index (χ1n) is 7.75. The Morgan fingerprint density at radius 3 is 2.55 bits per heavy atom. The molecule has 0 bridgehead atoms. The highest BCUT2D eigenvalue weighted by Gasteiger charge is 2.23. The van der Waals surface area contributed by atoms with Gasteiger partial charge in [-0.2, -0.15) is 4.57 Å². The van der Waals surface area contributed by atoms with Crippen molar-refractivity contribution in [1.29, 1.82) is 0 Å². The predicted molar refractivity (Wildman–Crippen MR) is 88.9 cm³/mol. The van der Waals surface area contributed by atoms with E-state index in [4.69, 9.17) is 9.40 Å². The standard InChI is InChI=1S/C19H23N2O/c1-11(2)19-20-17-16(22-19)7-8-21(6)18(17)15-10-12(3)9-13(4)14(15)5/h7-11H,1-6H3/q+1. The molecule has 0 atom stereocenters. The molecule has 3 aromatic rings. The van der Waals surface area contributed by atoms with Crippen molar-refractivity contribution in [2.75, 3.05) is 0 Å². The highest BCUT2D eigenvalue weighted by Crippen LogP contribution is 2.31. The molecule has 0 spiro atoms. The fourth-order valence-electron chi connectivity index (χ4n) is 2.90. The van der Waals surface area contributed by atoms with Crippen LogP contribution in [-0.4, -0.2) is 4.98 Å². The first-order chi connectivity index (χ1) is 10.4. The number of pyridine rings is 1. The maximum Gasteiger partial charge on any atom is 0.242 e. The van der Waals surface area contributed by atoms with Crippen LogP contribution >= 0.6 is 0 Å². The average Bonchev–Trinajstić information content (AvgIpc) is 2.87. The summed E-state index contributed by atoms with van der Waals surface area (Å²) in [5, 5.41) is 0. The number of benzene rings is 1. The van der Waals surface area contributed by atoms with Crippen LogP contribution in [0.4, 0.5) is 0 Å². The Balaban J connectivity index is 2.37. The maximum absolute atomic E-state index is 5.92. The van der Waals surface area contributed by atoms with Crippen molar-refractivity contribution in [3.63, 3.8) is 0 Å². The molecule has 0 radical (unpaired) electrons. The van der Waals surface area contributed by atoms with Crippen LogP contribution in [0.25, 0.3) is 22.4 Å². The Labute approximate surface area is 131 Å². The lowest BCUT2D eigenvalue weighted by molar-refractivity contribution is -0.659. The SMILES string of the molecule is Cc1cc(C)c(C)c(-c2c3nc(C(C)C)oc3cc[n+]2C)c1. The van der Waals surface area contributed by atoms with Crippen molar-refractivity contribution in [3.8, 4) is 11.3 Å². The highest BCUT2D eigenvalue weighted by atomic mass is 16.3. The van der Waals surface area contributed by atoms with Crippen molar-refractivity contribution < 1.29 is 8.98 Å².